The van der Waals surface area contributed by atoms with Crippen molar-refractivity contribution in [2.45, 2.75) is 13.8 Å². The molecule has 2 aromatic rings. The van der Waals surface area contributed by atoms with Crippen LogP contribution < -0.4 is 4.90 Å². The zero-order chi connectivity index (χ0) is 15.1. The van der Waals surface area contributed by atoms with Crippen LogP contribution >= 0.6 is 0 Å². The van der Waals surface area contributed by atoms with E-state index in [2.05, 4.69) is 43.0 Å². The fraction of sp³-hybridized carbons (Fsp3) is 0.211. The summed E-state index contributed by atoms with van der Waals surface area (Å²) in [6, 6.07) is 16.1. The van der Waals surface area contributed by atoms with Gasteiger partial charge in [0.2, 0.25) is 0 Å². The number of carbonyl (C=O) groups excluding carboxylic acids is 1. The van der Waals surface area contributed by atoms with Crippen LogP contribution in [0.5, 0.6) is 0 Å². The largest absolute Gasteiger partial charge is 0.372 e. The fourth-order valence-corrected chi connectivity index (χ4v) is 2.34. The summed E-state index contributed by atoms with van der Waals surface area (Å²) in [4.78, 5) is 13.3. The first kappa shape index (κ1) is 15.0. The average molecular weight is 279 g/mol. The Morgan fingerprint density at radius 3 is 2.05 bits per heavy atom. The second-order valence-corrected chi connectivity index (χ2v) is 4.84. The van der Waals surface area contributed by atoms with Crippen LogP contribution in [0.25, 0.3) is 12.2 Å². The third kappa shape index (κ3) is 3.82. The molecule has 0 aromatic heterocycles. The Balaban J connectivity index is 2.16. The van der Waals surface area contributed by atoms with Crippen molar-refractivity contribution in [1.82, 2.24) is 0 Å². The third-order valence-corrected chi connectivity index (χ3v) is 3.60. The molecule has 0 bridgehead atoms. The summed E-state index contributed by atoms with van der Waals surface area (Å²) in [5.41, 5.74) is 4.03. The molecule has 21 heavy (non-hydrogen) atoms. The molecule has 0 heterocycles. The van der Waals surface area contributed by atoms with Crippen LogP contribution in [0.1, 0.15) is 35.3 Å². The first-order valence-electron chi connectivity index (χ1n) is 7.35. The van der Waals surface area contributed by atoms with Gasteiger partial charge in [0, 0.05) is 24.3 Å². The fourth-order valence-electron chi connectivity index (χ4n) is 2.34. The topological polar surface area (TPSA) is 20.3 Å². The van der Waals surface area contributed by atoms with Crippen molar-refractivity contribution in [2.24, 2.45) is 0 Å². The quantitative estimate of drug-likeness (QED) is 0.572. The molecule has 0 saturated heterocycles. The molecular weight excluding hydrogens is 258 g/mol. The molecule has 0 amide bonds. The minimum Gasteiger partial charge on any atom is -0.372 e. The summed E-state index contributed by atoms with van der Waals surface area (Å²) in [5.74, 6) is 0. The van der Waals surface area contributed by atoms with Gasteiger partial charge in [-0.1, -0.05) is 48.6 Å². The maximum Gasteiger partial charge on any atom is 0.150 e. The van der Waals surface area contributed by atoms with E-state index in [9.17, 15) is 4.79 Å². The van der Waals surface area contributed by atoms with Crippen molar-refractivity contribution in [1.29, 1.82) is 0 Å². The van der Waals surface area contributed by atoms with E-state index in [0.717, 1.165) is 30.5 Å². The lowest BCUT2D eigenvalue weighted by Gasteiger charge is -2.20. The molecule has 2 nitrogen and oxygen atoms in total. The second-order valence-electron chi connectivity index (χ2n) is 4.84. The SMILES string of the molecule is CCN(CC)c1ccc(/C=C/c2ccccc2C=O)cc1. The number of rotatable bonds is 6. The van der Waals surface area contributed by atoms with E-state index in [4.69, 9.17) is 0 Å². The van der Waals surface area contributed by atoms with E-state index in [1.807, 2.05) is 36.4 Å². The molecular formula is C19H21NO. The van der Waals surface area contributed by atoms with Crippen LogP contribution in [0, 0.1) is 0 Å². The summed E-state index contributed by atoms with van der Waals surface area (Å²) in [6.07, 6.45) is 4.91. The lowest BCUT2D eigenvalue weighted by atomic mass is 10.1. The van der Waals surface area contributed by atoms with Gasteiger partial charge < -0.3 is 4.90 Å². The Hall–Kier alpha value is -2.35. The van der Waals surface area contributed by atoms with Gasteiger partial charge in [-0.15, -0.1) is 0 Å². The van der Waals surface area contributed by atoms with Crippen molar-refractivity contribution in [3.8, 4) is 0 Å². The van der Waals surface area contributed by atoms with E-state index >= 15 is 0 Å². The molecule has 0 fully saturated rings. The van der Waals surface area contributed by atoms with Crippen LogP contribution in [0.4, 0.5) is 5.69 Å². The lowest BCUT2D eigenvalue weighted by molar-refractivity contribution is 0.112. The predicted molar refractivity (Wildman–Crippen MR) is 90.8 cm³/mol. The van der Waals surface area contributed by atoms with E-state index in [1.54, 1.807) is 0 Å². The number of aldehydes is 1. The normalized spacial score (nSPS) is 10.8. The molecule has 0 unspecified atom stereocenters. The zero-order valence-corrected chi connectivity index (χ0v) is 12.6. The van der Waals surface area contributed by atoms with Crippen molar-refractivity contribution in [2.75, 3.05) is 18.0 Å². The highest BCUT2D eigenvalue weighted by Gasteiger charge is 2.00. The Kier molecular flexibility index (Phi) is 5.33. The number of hydrogen-bond acceptors (Lipinski definition) is 2. The van der Waals surface area contributed by atoms with Crippen LogP contribution in [-0.4, -0.2) is 19.4 Å². The van der Waals surface area contributed by atoms with Crippen LogP contribution in [-0.2, 0) is 0 Å². The monoisotopic (exact) mass is 279 g/mol. The van der Waals surface area contributed by atoms with E-state index in [0.29, 0.717) is 5.56 Å². The smallest absolute Gasteiger partial charge is 0.150 e. The summed E-state index contributed by atoms with van der Waals surface area (Å²) in [5, 5.41) is 0. The van der Waals surface area contributed by atoms with Gasteiger partial charge in [0.05, 0.1) is 0 Å². The second kappa shape index (κ2) is 7.44. The number of carbonyl (C=O) groups is 1. The minimum absolute atomic E-state index is 0.716. The lowest BCUT2D eigenvalue weighted by Crippen LogP contribution is -2.21. The van der Waals surface area contributed by atoms with Gasteiger partial charge in [-0.05, 0) is 37.1 Å². The predicted octanol–water partition coefficient (Wildman–Crippen LogP) is 4.52. The first-order chi connectivity index (χ1) is 10.3. The van der Waals surface area contributed by atoms with Gasteiger partial charge in [0.15, 0.2) is 6.29 Å². The number of anilines is 1. The summed E-state index contributed by atoms with van der Waals surface area (Å²) in [7, 11) is 0. The first-order valence-corrected chi connectivity index (χ1v) is 7.35. The molecule has 0 spiro atoms. The highest BCUT2D eigenvalue weighted by molar-refractivity contribution is 5.84. The molecule has 0 aliphatic rings. The molecule has 2 aromatic carbocycles. The third-order valence-electron chi connectivity index (χ3n) is 3.60. The number of benzene rings is 2. The Bertz CT molecular complexity index is 610. The molecule has 0 atom stereocenters. The number of nitrogens with zero attached hydrogens (tertiary/aromatic N) is 1. The van der Waals surface area contributed by atoms with Gasteiger partial charge in [0.25, 0.3) is 0 Å². The van der Waals surface area contributed by atoms with Crippen LogP contribution in [0.2, 0.25) is 0 Å². The standard InChI is InChI=1S/C19H21NO/c1-3-20(4-2)19-13-10-16(11-14-19)9-12-17-7-5-6-8-18(17)15-21/h5-15H,3-4H2,1-2H3/b12-9+. The molecule has 0 saturated carbocycles. The highest BCUT2D eigenvalue weighted by atomic mass is 16.1. The van der Waals surface area contributed by atoms with Gasteiger partial charge in [-0.3, -0.25) is 4.79 Å². The van der Waals surface area contributed by atoms with E-state index in [-0.39, 0.29) is 0 Å². The van der Waals surface area contributed by atoms with Crippen molar-refractivity contribution in [3.63, 3.8) is 0 Å². The minimum atomic E-state index is 0.716. The molecule has 0 radical (unpaired) electrons. The highest BCUT2D eigenvalue weighted by Crippen LogP contribution is 2.17. The summed E-state index contributed by atoms with van der Waals surface area (Å²) in [6.45, 7) is 6.35. The number of hydrogen-bond donors (Lipinski definition) is 0. The average Bonchev–Trinajstić information content (AvgIpc) is 2.55. The summed E-state index contributed by atoms with van der Waals surface area (Å²) >= 11 is 0. The van der Waals surface area contributed by atoms with Gasteiger partial charge in [-0.25, -0.2) is 0 Å². The Labute approximate surface area is 126 Å². The van der Waals surface area contributed by atoms with Gasteiger partial charge in [0.1, 0.15) is 0 Å². The van der Waals surface area contributed by atoms with Gasteiger partial charge in [-0.2, -0.15) is 0 Å². The summed E-state index contributed by atoms with van der Waals surface area (Å²) < 4.78 is 0. The molecule has 0 aliphatic carbocycles. The zero-order valence-electron chi connectivity index (χ0n) is 12.6. The van der Waals surface area contributed by atoms with Crippen LogP contribution in [0.3, 0.4) is 0 Å². The Morgan fingerprint density at radius 1 is 0.857 bits per heavy atom. The molecule has 0 N–H and O–H groups in total. The van der Waals surface area contributed by atoms with Crippen molar-refractivity contribution < 1.29 is 4.79 Å². The molecule has 2 rings (SSSR count). The van der Waals surface area contributed by atoms with Crippen molar-refractivity contribution >= 4 is 24.1 Å². The maximum atomic E-state index is 11.0. The van der Waals surface area contributed by atoms with E-state index < -0.39 is 0 Å². The van der Waals surface area contributed by atoms with Crippen LogP contribution in [0.15, 0.2) is 48.5 Å². The van der Waals surface area contributed by atoms with E-state index in [1.165, 1.54) is 5.69 Å². The maximum absolute atomic E-state index is 11.0. The molecule has 108 valence electrons. The Morgan fingerprint density at radius 2 is 1.48 bits per heavy atom. The van der Waals surface area contributed by atoms with Gasteiger partial charge >= 0.3 is 0 Å². The molecule has 0 aliphatic heterocycles. The van der Waals surface area contributed by atoms with Crippen molar-refractivity contribution in [3.05, 3.63) is 65.2 Å². The molecule has 2 heteroatoms.